The summed E-state index contributed by atoms with van der Waals surface area (Å²) in [6, 6.07) is 12.4. The van der Waals surface area contributed by atoms with Crippen LogP contribution < -0.4 is 10.2 Å². The lowest BCUT2D eigenvalue weighted by Gasteiger charge is -2.43. The van der Waals surface area contributed by atoms with E-state index in [1.54, 1.807) is 6.07 Å². The summed E-state index contributed by atoms with van der Waals surface area (Å²) in [5.74, 6) is 0.479. The van der Waals surface area contributed by atoms with Crippen LogP contribution >= 0.6 is 34.8 Å². The third-order valence-electron chi connectivity index (χ3n) is 6.96. The number of aliphatic hydroxyl groups is 1. The van der Waals surface area contributed by atoms with Crippen LogP contribution in [0.4, 0.5) is 11.4 Å². The molecule has 2 aliphatic rings. The molecule has 0 aromatic heterocycles. The third kappa shape index (κ3) is 5.66. The molecule has 2 fully saturated rings. The third-order valence-corrected chi connectivity index (χ3v) is 7.85. The fourth-order valence-electron chi connectivity index (χ4n) is 5.09. The predicted octanol–water partition coefficient (Wildman–Crippen LogP) is 6.49. The molecule has 0 radical (unpaired) electrons. The molecule has 0 amide bonds. The van der Waals surface area contributed by atoms with E-state index < -0.39 is 0 Å². The number of halogens is 3. The molecule has 174 valence electrons. The first kappa shape index (κ1) is 24.0. The monoisotopic (exact) mass is 495 g/mol. The van der Waals surface area contributed by atoms with E-state index in [0.29, 0.717) is 33.6 Å². The Balaban J connectivity index is 1.39. The van der Waals surface area contributed by atoms with Gasteiger partial charge in [0.15, 0.2) is 0 Å². The molecule has 4 rings (SSSR count). The maximum atomic E-state index is 9.55. The van der Waals surface area contributed by atoms with Crippen LogP contribution in [0, 0.1) is 5.92 Å². The summed E-state index contributed by atoms with van der Waals surface area (Å²) in [5, 5.41) is 15.0. The fraction of sp³-hybridized carbons (Fsp3) is 0.520. The smallest absolute Gasteiger partial charge is 0.0639 e. The topological polar surface area (TPSA) is 38.7 Å². The van der Waals surface area contributed by atoms with Crippen molar-refractivity contribution in [3.8, 4) is 0 Å². The van der Waals surface area contributed by atoms with E-state index in [2.05, 4.69) is 34.2 Å². The molecule has 3 atom stereocenters. The van der Waals surface area contributed by atoms with E-state index in [1.807, 2.05) is 18.2 Å². The second kappa shape index (κ2) is 10.8. The summed E-state index contributed by atoms with van der Waals surface area (Å²) in [6.45, 7) is 6.52. The number of aliphatic hydroxyl groups excluding tert-OH is 1. The van der Waals surface area contributed by atoms with Gasteiger partial charge in [0.1, 0.15) is 0 Å². The highest BCUT2D eigenvalue weighted by atomic mass is 35.5. The van der Waals surface area contributed by atoms with Gasteiger partial charge in [-0.1, -0.05) is 47.3 Å². The minimum atomic E-state index is -0.00450. The number of hydrogen-bond acceptors (Lipinski definition) is 4. The molecule has 1 aliphatic heterocycles. The second-order valence-corrected chi connectivity index (χ2v) is 10.3. The van der Waals surface area contributed by atoms with Crippen molar-refractivity contribution < 1.29 is 5.11 Å². The number of hydrogen-bond donors (Lipinski definition) is 2. The van der Waals surface area contributed by atoms with E-state index in [0.717, 1.165) is 43.9 Å². The lowest BCUT2D eigenvalue weighted by atomic mass is 9.85. The molecule has 4 nitrogen and oxygen atoms in total. The predicted molar refractivity (Wildman–Crippen MR) is 137 cm³/mol. The van der Waals surface area contributed by atoms with Crippen molar-refractivity contribution in [1.82, 2.24) is 4.90 Å². The number of nitrogens with zero attached hydrogens (tertiary/aromatic N) is 2. The molecular formula is C25H32Cl3N3O. The summed E-state index contributed by atoms with van der Waals surface area (Å²) in [7, 11) is 0. The molecule has 7 heteroatoms. The molecule has 2 N–H and O–H groups in total. The Morgan fingerprint density at radius 3 is 2.50 bits per heavy atom. The first-order valence-corrected chi connectivity index (χ1v) is 12.7. The number of rotatable bonds is 6. The van der Waals surface area contributed by atoms with Crippen LogP contribution in [0.5, 0.6) is 0 Å². The average molecular weight is 497 g/mol. The van der Waals surface area contributed by atoms with Crippen LogP contribution in [0.2, 0.25) is 15.1 Å². The Morgan fingerprint density at radius 1 is 1.00 bits per heavy atom. The maximum Gasteiger partial charge on any atom is 0.0639 e. The number of piperazine rings is 1. The SMILES string of the molecule is CC(Nc1cc(N2CCN(C3CCCC(CO)C3)CC2)ccc1Cl)c1ccc(Cl)cc1Cl. The molecule has 1 saturated carbocycles. The summed E-state index contributed by atoms with van der Waals surface area (Å²) < 4.78 is 0. The van der Waals surface area contributed by atoms with Gasteiger partial charge in [-0.05, 0) is 68.0 Å². The van der Waals surface area contributed by atoms with Crippen LogP contribution in [0.15, 0.2) is 36.4 Å². The van der Waals surface area contributed by atoms with E-state index in [9.17, 15) is 5.11 Å². The van der Waals surface area contributed by atoms with Gasteiger partial charge in [-0.2, -0.15) is 0 Å². The van der Waals surface area contributed by atoms with Gasteiger partial charge >= 0.3 is 0 Å². The zero-order valence-corrected chi connectivity index (χ0v) is 20.8. The van der Waals surface area contributed by atoms with Crippen molar-refractivity contribution in [2.75, 3.05) is 43.0 Å². The molecule has 2 aromatic rings. The molecule has 2 aromatic carbocycles. The molecule has 1 aliphatic carbocycles. The van der Waals surface area contributed by atoms with Gasteiger partial charge in [0, 0.05) is 54.6 Å². The van der Waals surface area contributed by atoms with E-state index >= 15 is 0 Å². The summed E-state index contributed by atoms with van der Waals surface area (Å²) in [4.78, 5) is 5.06. The highest BCUT2D eigenvalue weighted by molar-refractivity contribution is 6.35. The summed E-state index contributed by atoms with van der Waals surface area (Å²) in [5.41, 5.74) is 3.07. The van der Waals surface area contributed by atoms with Gasteiger partial charge in [0.2, 0.25) is 0 Å². The second-order valence-electron chi connectivity index (χ2n) is 9.09. The molecule has 1 heterocycles. The van der Waals surface area contributed by atoms with Crippen molar-refractivity contribution >= 4 is 46.2 Å². The lowest BCUT2D eigenvalue weighted by Crippen LogP contribution is -2.51. The highest BCUT2D eigenvalue weighted by Crippen LogP contribution is 2.34. The van der Waals surface area contributed by atoms with Gasteiger partial charge in [0.25, 0.3) is 0 Å². The molecule has 1 saturated heterocycles. The van der Waals surface area contributed by atoms with Crippen molar-refractivity contribution in [1.29, 1.82) is 0 Å². The van der Waals surface area contributed by atoms with Crippen molar-refractivity contribution in [3.63, 3.8) is 0 Å². The first-order chi connectivity index (χ1) is 15.4. The number of anilines is 2. The van der Waals surface area contributed by atoms with Crippen LogP contribution in [-0.4, -0.2) is 48.8 Å². The first-order valence-electron chi connectivity index (χ1n) is 11.6. The van der Waals surface area contributed by atoms with Gasteiger partial charge in [-0.3, -0.25) is 4.90 Å². The number of benzene rings is 2. The standard InChI is InChI=1S/C25H32Cl3N3O/c1-17(22-7-5-19(26)14-24(22)28)29-25-15-21(6-8-23(25)27)31-11-9-30(10-12-31)20-4-2-3-18(13-20)16-32/h5-8,14-15,17-18,20,29,32H,2-4,9-13,16H2,1H3. The van der Waals surface area contributed by atoms with Crippen molar-refractivity contribution in [3.05, 3.63) is 57.0 Å². The van der Waals surface area contributed by atoms with Crippen molar-refractivity contribution in [2.45, 2.75) is 44.7 Å². The molecule has 0 bridgehead atoms. The van der Waals surface area contributed by atoms with E-state index in [4.69, 9.17) is 34.8 Å². The zero-order valence-electron chi connectivity index (χ0n) is 18.5. The van der Waals surface area contributed by atoms with Crippen LogP contribution in [0.25, 0.3) is 0 Å². The molecule has 3 unspecified atom stereocenters. The van der Waals surface area contributed by atoms with Crippen LogP contribution in [0.3, 0.4) is 0 Å². The fourth-order valence-corrected chi connectivity index (χ4v) is 5.83. The summed E-state index contributed by atoms with van der Waals surface area (Å²) >= 11 is 19.0. The van der Waals surface area contributed by atoms with Gasteiger partial charge in [-0.25, -0.2) is 0 Å². The lowest BCUT2D eigenvalue weighted by molar-refractivity contribution is 0.0961. The zero-order chi connectivity index (χ0) is 22.7. The minimum absolute atomic E-state index is 0.00450. The molecule has 32 heavy (non-hydrogen) atoms. The minimum Gasteiger partial charge on any atom is -0.396 e. The van der Waals surface area contributed by atoms with Gasteiger partial charge in [0.05, 0.1) is 16.8 Å². The van der Waals surface area contributed by atoms with Gasteiger partial charge < -0.3 is 15.3 Å². The van der Waals surface area contributed by atoms with Gasteiger partial charge in [-0.15, -0.1) is 0 Å². The van der Waals surface area contributed by atoms with E-state index in [1.165, 1.54) is 24.9 Å². The van der Waals surface area contributed by atoms with Crippen LogP contribution in [0.1, 0.15) is 44.2 Å². The Labute approximate surface area is 206 Å². The Hall–Kier alpha value is -1.17. The Bertz CT molecular complexity index is 917. The van der Waals surface area contributed by atoms with Crippen LogP contribution in [-0.2, 0) is 0 Å². The Morgan fingerprint density at radius 2 is 1.78 bits per heavy atom. The Kier molecular flexibility index (Phi) is 8.12. The maximum absolute atomic E-state index is 9.55. The average Bonchev–Trinajstić information content (AvgIpc) is 2.80. The normalized spacial score (nSPS) is 23.2. The molecule has 0 spiro atoms. The number of nitrogens with one attached hydrogen (secondary N) is 1. The van der Waals surface area contributed by atoms with Crippen molar-refractivity contribution in [2.24, 2.45) is 5.92 Å². The molecular weight excluding hydrogens is 465 g/mol. The van der Waals surface area contributed by atoms with E-state index in [-0.39, 0.29) is 6.04 Å². The highest BCUT2D eigenvalue weighted by Gasteiger charge is 2.29. The summed E-state index contributed by atoms with van der Waals surface area (Å²) in [6.07, 6.45) is 4.80. The largest absolute Gasteiger partial charge is 0.396 e. The quantitative estimate of drug-likeness (QED) is 0.479.